The maximum Gasteiger partial charge on any atom is 0.123 e. The van der Waals surface area contributed by atoms with Crippen molar-refractivity contribution in [2.75, 3.05) is 13.7 Å². The van der Waals surface area contributed by atoms with Gasteiger partial charge in [0.05, 0.1) is 7.11 Å². The molecule has 1 atom stereocenters. The Hall–Kier alpha value is -1.13. The summed E-state index contributed by atoms with van der Waals surface area (Å²) in [6, 6.07) is 6.64. The van der Waals surface area contributed by atoms with Crippen molar-refractivity contribution < 1.29 is 4.74 Å². The highest BCUT2D eigenvalue weighted by Crippen LogP contribution is 2.27. The molecule has 1 saturated heterocycles. The highest BCUT2D eigenvalue weighted by atomic mass is 32.1. The average Bonchev–Trinajstić information content (AvgIpc) is 2.85. The molecule has 1 heterocycles. The molecule has 2 N–H and O–H groups in total. The maximum absolute atomic E-state index is 5.71. The van der Waals surface area contributed by atoms with Gasteiger partial charge in [-0.15, -0.1) is 0 Å². The van der Waals surface area contributed by atoms with Crippen molar-refractivity contribution >= 4 is 17.2 Å². The summed E-state index contributed by atoms with van der Waals surface area (Å²) < 4.78 is 5.45. The number of hydrogen-bond donors (Lipinski definition) is 1. The molecule has 1 aromatic carbocycles. The van der Waals surface area contributed by atoms with E-state index in [-0.39, 0.29) is 0 Å². The van der Waals surface area contributed by atoms with E-state index in [1.165, 1.54) is 31.4 Å². The minimum absolute atomic E-state index is 0.442. The molecule has 1 fully saturated rings. The fourth-order valence-electron chi connectivity index (χ4n) is 2.84. The lowest BCUT2D eigenvalue weighted by Crippen LogP contribution is -2.28. The minimum Gasteiger partial charge on any atom is -0.496 e. The van der Waals surface area contributed by atoms with E-state index >= 15 is 0 Å². The highest BCUT2D eigenvalue weighted by Gasteiger charge is 2.23. The number of nitrogens with zero attached hydrogens (tertiary/aromatic N) is 1. The maximum atomic E-state index is 5.71. The quantitative estimate of drug-likeness (QED) is 0.841. The fourth-order valence-corrected chi connectivity index (χ4v) is 2.97. The van der Waals surface area contributed by atoms with Gasteiger partial charge in [0.2, 0.25) is 0 Å². The van der Waals surface area contributed by atoms with Crippen LogP contribution in [-0.4, -0.2) is 29.6 Å². The lowest BCUT2D eigenvalue weighted by molar-refractivity contribution is 0.236. The Labute approximate surface area is 120 Å². The number of rotatable bonds is 5. The van der Waals surface area contributed by atoms with Crippen LogP contribution in [0.2, 0.25) is 0 Å². The molecule has 0 aromatic heterocycles. The molecular weight excluding hydrogens is 256 g/mol. The van der Waals surface area contributed by atoms with Gasteiger partial charge >= 0.3 is 0 Å². The van der Waals surface area contributed by atoms with Crippen molar-refractivity contribution in [2.24, 2.45) is 5.73 Å². The van der Waals surface area contributed by atoms with Crippen molar-refractivity contribution in [3.8, 4) is 5.75 Å². The Morgan fingerprint density at radius 3 is 2.95 bits per heavy atom. The van der Waals surface area contributed by atoms with Crippen LogP contribution in [0.3, 0.4) is 0 Å². The summed E-state index contributed by atoms with van der Waals surface area (Å²) >= 11 is 5.05. The van der Waals surface area contributed by atoms with E-state index in [1.807, 2.05) is 12.1 Å². The number of nitrogens with two attached hydrogens (primary N) is 1. The van der Waals surface area contributed by atoms with Crippen LogP contribution >= 0.6 is 12.2 Å². The molecule has 1 aliphatic rings. The van der Waals surface area contributed by atoms with Crippen LogP contribution in [0.25, 0.3) is 0 Å². The van der Waals surface area contributed by atoms with Gasteiger partial charge in [0.15, 0.2) is 0 Å². The number of methoxy groups -OCH3 is 1. The Balaban J connectivity index is 2.22. The van der Waals surface area contributed by atoms with E-state index < -0.39 is 0 Å². The van der Waals surface area contributed by atoms with E-state index in [9.17, 15) is 0 Å². The van der Waals surface area contributed by atoms with Crippen LogP contribution in [0.1, 0.15) is 37.3 Å². The van der Waals surface area contributed by atoms with E-state index in [0.29, 0.717) is 11.0 Å². The van der Waals surface area contributed by atoms with Crippen molar-refractivity contribution in [3.63, 3.8) is 0 Å². The largest absolute Gasteiger partial charge is 0.496 e. The molecule has 0 aliphatic carbocycles. The van der Waals surface area contributed by atoms with Gasteiger partial charge in [-0.25, -0.2) is 0 Å². The van der Waals surface area contributed by atoms with Gasteiger partial charge in [-0.05, 0) is 44.0 Å². The van der Waals surface area contributed by atoms with Crippen molar-refractivity contribution in [1.29, 1.82) is 0 Å². The highest BCUT2D eigenvalue weighted by molar-refractivity contribution is 7.80. The average molecular weight is 278 g/mol. The molecule has 0 saturated carbocycles. The SMILES string of the molecule is CCC1CCCN1Cc1cc(C(N)=S)ccc1OC. The molecule has 0 spiro atoms. The molecule has 2 rings (SSSR count). The van der Waals surface area contributed by atoms with E-state index in [2.05, 4.69) is 17.9 Å². The second-order valence-corrected chi connectivity index (χ2v) is 5.51. The van der Waals surface area contributed by atoms with Crippen molar-refractivity contribution in [3.05, 3.63) is 29.3 Å². The normalized spacial score (nSPS) is 19.6. The zero-order valence-corrected chi connectivity index (χ0v) is 12.5. The lowest BCUT2D eigenvalue weighted by Gasteiger charge is -2.24. The minimum atomic E-state index is 0.442. The first-order chi connectivity index (χ1) is 9.15. The van der Waals surface area contributed by atoms with E-state index in [4.69, 9.17) is 22.7 Å². The third kappa shape index (κ3) is 3.25. The van der Waals surface area contributed by atoms with Crippen LogP contribution in [0, 0.1) is 0 Å². The van der Waals surface area contributed by atoms with E-state index in [1.54, 1.807) is 7.11 Å². The lowest BCUT2D eigenvalue weighted by atomic mass is 10.1. The Morgan fingerprint density at radius 1 is 1.53 bits per heavy atom. The summed E-state index contributed by atoms with van der Waals surface area (Å²) in [4.78, 5) is 2.97. The van der Waals surface area contributed by atoms with Crippen molar-refractivity contribution in [2.45, 2.75) is 38.8 Å². The molecule has 0 radical (unpaired) electrons. The fraction of sp³-hybridized carbons (Fsp3) is 0.533. The monoisotopic (exact) mass is 278 g/mol. The van der Waals surface area contributed by atoms with Gasteiger partial charge < -0.3 is 10.5 Å². The second-order valence-electron chi connectivity index (χ2n) is 5.07. The first-order valence-corrected chi connectivity index (χ1v) is 7.27. The molecule has 4 heteroatoms. The van der Waals surface area contributed by atoms with Crippen molar-refractivity contribution in [1.82, 2.24) is 4.90 Å². The standard InChI is InChI=1S/C15H22N2OS/c1-3-13-5-4-8-17(13)10-12-9-11(15(16)19)6-7-14(12)18-2/h6-7,9,13H,3-5,8,10H2,1-2H3,(H2,16,19). The summed E-state index contributed by atoms with van der Waals surface area (Å²) in [6.07, 6.45) is 3.79. The Morgan fingerprint density at radius 2 is 2.32 bits per heavy atom. The summed E-state index contributed by atoms with van der Waals surface area (Å²) in [5.41, 5.74) is 7.80. The zero-order chi connectivity index (χ0) is 13.8. The van der Waals surface area contributed by atoms with Crippen LogP contribution in [0.15, 0.2) is 18.2 Å². The molecule has 0 bridgehead atoms. The molecule has 1 unspecified atom stereocenters. The number of benzene rings is 1. The van der Waals surface area contributed by atoms with Gasteiger partial charge in [-0.3, -0.25) is 4.90 Å². The van der Waals surface area contributed by atoms with Gasteiger partial charge in [-0.2, -0.15) is 0 Å². The predicted octanol–water partition coefficient (Wildman–Crippen LogP) is 2.70. The van der Waals surface area contributed by atoms with Crippen LogP contribution in [0.4, 0.5) is 0 Å². The summed E-state index contributed by atoms with van der Waals surface area (Å²) in [5, 5.41) is 0. The molecule has 1 aromatic rings. The summed E-state index contributed by atoms with van der Waals surface area (Å²) in [6.45, 7) is 4.34. The van der Waals surface area contributed by atoms with Gasteiger partial charge in [0, 0.05) is 23.7 Å². The molecule has 3 nitrogen and oxygen atoms in total. The second kappa shape index (κ2) is 6.35. The molecule has 1 aliphatic heterocycles. The summed E-state index contributed by atoms with van der Waals surface area (Å²) in [5.74, 6) is 0.918. The van der Waals surface area contributed by atoms with Crippen LogP contribution in [-0.2, 0) is 6.54 Å². The third-order valence-corrected chi connectivity index (χ3v) is 4.14. The smallest absolute Gasteiger partial charge is 0.123 e. The molecule has 19 heavy (non-hydrogen) atoms. The first-order valence-electron chi connectivity index (χ1n) is 6.86. The molecular formula is C15H22N2OS. The topological polar surface area (TPSA) is 38.5 Å². The Bertz CT molecular complexity index is 461. The number of likely N-dealkylation sites (tertiary alicyclic amines) is 1. The van der Waals surface area contributed by atoms with Crippen LogP contribution in [0.5, 0.6) is 5.75 Å². The number of ether oxygens (including phenoxy) is 1. The summed E-state index contributed by atoms with van der Waals surface area (Å²) in [7, 11) is 1.71. The first kappa shape index (κ1) is 14.3. The number of hydrogen-bond acceptors (Lipinski definition) is 3. The third-order valence-electron chi connectivity index (χ3n) is 3.91. The molecule has 0 amide bonds. The van der Waals surface area contributed by atoms with Gasteiger partial charge in [-0.1, -0.05) is 19.1 Å². The predicted molar refractivity (Wildman–Crippen MR) is 82.6 cm³/mol. The zero-order valence-electron chi connectivity index (χ0n) is 11.7. The Kier molecular flexibility index (Phi) is 4.77. The van der Waals surface area contributed by atoms with Gasteiger partial charge in [0.25, 0.3) is 0 Å². The van der Waals surface area contributed by atoms with E-state index in [0.717, 1.165) is 17.9 Å². The van der Waals surface area contributed by atoms with Crippen LogP contribution < -0.4 is 10.5 Å². The molecule has 104 valence electrons. The van der Waals surface area contributed by atoms with Gasteiger partial charge in [0.1, 0.15) is 10.7 Å². The number of thiocarbonyl (C=S) groups is 1.